The van der Waals surface area contributed by atoms with Gasteiger partial charge in [0.2, 0.25) is 0 Å². The van der Waals surface area contributed by atoms with E-state index in [-0.39, 0.29) is 5.91 Å². The van der Waals surface area contributed by atoms with Crippen LogP contribution in [0.3, 0.4) is 0 Å². The van der Waals surface area contributed by atoms with Crippen LogP contribution in [-0.4, -0.2) is 17.6 Å². The van der Waals surface area contributed by atoms with Crippen molar-refractivity contribution in [3.05, 3.63) is 47.3 Å². The maximum absolute atomic E-state index is 12.3. The van der Waals surface area contributed by atoms with Crippen molar-refractivity contribution in [1.29, 1.82) is 0 Å². The van der Waals surface area contributed by atoms with Gasteiger partial charge in [0.25, 0.3) is 5.91 Å². The van der Waals surface area contributed by atoms with Gasteiger partial charge in [0.05, 0.1) is 6.20 Å². The maximum Gasteiger partial charge on any atom is 0.263 e. The number of hydrogen-bond donors (Lipinski definition) is 0. The Morgan fingerprint density at radius 3 is 3.00 bits per heavy atom. The molecule has 2 heterocycles. The van der Waals surface area contributed by atoms with E-state index in [1.807, 2.05) is 18.2 Å². The predicted molar refractivity (Wildman–Crippen MR) is 63.1 cm³/mol. The molecular formula is C13H12N2O2. The monoisotopic (exact) mass is 228 g/mol. The lowest BCUT2D eigenvalue weighted by atomic mass is 10.2. The van der Waals surface area contributed by atoms with Gasteiger partial charge in [0.1, 0.15) is 11.3 Å². The highest BCUT2D eigenvalue weighted by atomic mass is 16.5. The standard InChI is InChI=1S/C13H12N2O2/c1-9-11(8-14-17-9)13(16)15-7-6-10-4-2-3-5-12(10)15/h2-5,8H,6-7H2,1H3. The summed E-state index contributed by atoms with van der Waals surface area (Å²) in [6, 6.07) is 7.98. The summed E-state index contributed by atoms with van der Waals surface area (Å²) in [6.07, 6.45) is 2.39. The molecule has 3 rings (SSSR count). The third-order valence-electron chi connectivity index (χ3n) is 3.11. The summed E-state index contributed by atoms with van der Waals surface area (Å²) in [4.78, 5) is 14.1. The quantitative estimate of drug-likeness (QED) is 0.751. The number of hydrogen-bond acceptors (Lipinski definition) is 3. The van der Waals surface area contributed by atoms with Crippen LogP contribution in [0.1, 0.15) is 21.7 Å². The average Bonchev–Trinajstić information content (AvgIpc) is 2.94. The molecule has 17 heavy (non-hydrogen) atoms. The number of nitrogens with zero attached hydrogens (tertiary/aromatic N) is 2. The normalized spacial score (nSPS) is 13.8. The summed E-state index contributed by atoms with van der Waals surface area (Å²) in [5.41, 5.74) is 2.76. The first-order chi connectivity index (χ1) is 8.27. The van der Waals surface area contributed by atoms with Crippen molar-refractivity contribution in [1.82, 2.24) is 5.16 Å². The van der Waals surface area contributed by atoms with Gasteiger partial charge in [-0.2, -0.15) is 0 Å². The second kappa shape index (κ2) is 3.73. The number of carbonyl (C=O) groups excluding carboxylic acids is 1. The van der Waals surface area contributed by atoms with E-state index in [0.717, 1.165) is 18.7 Å². The number of amides is 1. The molecule has 4 nitrogen and oxygen atoms in total. The van der Waals surface area contributed by atoms with Crippen molar-refractivity contribution in [2.24, 2.45) is 0 Å². The van der Waals surface area contributed by atoms with E-state index in [1.54, 1.807) is 11.8 Å². The van der Waals surface area contributed by atoms with Crippen LogP contribution < -0.4 is 4.90 Å². The van der Waals surface area contributed by atoms with Crippen LogP contribution in [0.4, 0.5) is 5.69 Å². The van der Waals surface area contributed by atoms with E-state index in [2.05, 4.69) is 11.2 Å². The van der Waals surface area contributed by atoms with Gasteiger partial charge in [-0.15, -0.1) is 0 Å². The van der Waals surface area contributed by atoms with Crippen LogP contribution in [0.15, 0.2) is 35.0 Å². The summed E-state index contributed by atoms with van der Waals surface area (Å²) in [7, 11) is 0. The van der Waals surface area contributed by atoms with E-state index in [0.29, 0.717) is 11.3 Å². The van der Waals surface area contributed by atoms with Crippen molar-refractivity contribution in [3.63, 3.8) is 0 Å². The summed E-state index contributed by atoms with van der Waals surface area (Å²) >= 11 is 0. The van der Waals surface area contributed by atoms with Crippen LogP contribution in [-0.2, 0) is 6.42 Å². The van der Waals surface area contributed by atoms with Crippen LogP contribution in [0.5, 0.6) is 0 Å². The lowest BCUT2D eigenvalue weighted by Crippen LogP contribution is -2.29. The molecule has 0 saturated carbocycles. The SMILES string of the molecule is Cc1oncc1C(=O)N1CCc2ccccc21. The van der Waals surface area contributed by atoms with E-state index < -0.39 is 0 Å². The molecule has 0 bridgehead atoms. The topological polar surface area (TPSA) is 46.3 Å². The minimum Gasteiger partial charge on any atom is -0.361 e. The van der Waals surface area contributed by atoms with E-state index in [9.17, 15) is 4.79 Å². The van der Waals surface area contributed by atoms with Gasteiger partial charge in [0, 0.05) is 12.2 Å². The Kier molecular flexibility index (Phi) is 2.21. The number of fused-ring (bicyclic) bond motifs is 1. The van der Waals surface area contributed by atoms with Crippen molar-refractivity contribution in [3.8, 4) is 0 Å². The molecule has 0 N–H and O–H groups in total. The van der Waals surface area contributed by atoms with Gasteiger partial charge in [-0.05, 0) is 25.0 Å². The number of aromatic nitrogens is 1. The number of aryl methyl sites for hydroxylation is 1. The highest BCUT2D eigenvalue weighted by Gasteiger charge is 2.27. The fourth-order valence-electron chi connectivity index (χ4n) is 2.20. The fraction of sp³-hybridized carbons (Fsp3) is 0.231. The molecule has 1 aromatic carbocycles. The number of anilines is 1. The minimum atomic E-state index is -0.0336. The van der Waals surface area contributed by atoms with Gasteiger partial charge < -0.3 is 9.42 Å². The van der Waals surface area contributed by atoms with Gasteiger partial charge in [0.15, 0.2) is 0 Å². The third kappa shape index (κ3) is 1.53. The number of para-hydroxylation sites is 1. The van der Waals surface area contributed by atoms with E-state index in [1.165, 1.54) is 11.8 Å². The Labute approximate surface area is 98.8 Å². The van der Waals surface area contributed by atoms with E-state index >= 15 is 0 Å². The van der Waals surface area contributed by atoms with Crippen LogP contribution >= 0.6 is 0 Å². The van der Waals surface area contributed by atoms with Crippen LogP contribution in [0.25, 0.3) is 0 Å². The molecule has 0 aliphatic carbocycles. The Morgan fingerprint density at radius 2 is 2.24 bits per heavy atom. The smallest absolute Gasteiger partial charge is 0.263 e. The molecule has 0 fully saturated rings. The Hall–Kier alpha value is -2.10. The molecular weight excluding hydrogens is 216 g/mol. The number of rotatable bonds is 1. The molecule has 1 aromatic heterocycles. The van der Waals surface area contributed by atoms with Crippen LogP contribution in [0, 0.1) is 6.92 Å². The third-order valence-corrected chi connectivity index (χ3v) is 3.11. The summed E-state index contributed by atoms with van der Waals surface area (Å²) in [5.74, 6) is 0.535. The van der Waals surface area contributed by atoms with Gasteiger partial charge >= 0.3 is 0 Å². The molecule has 0 unspecified atom stereocenters. The first-order valence-corrected chi connectivity index (χ1v) is 5.58. The summed E-state index contributed by atoms with van der Waals surface area (Å²) < 4.78 is 4.94. The second-order valence-electron chi connectivity index (χ2n) is 4.13. The molecule has 0 spiro atoms. The van der Waals surface area contributed by atoms with Gasteiger partial charge in [-0.25, -0.2) is 0 Å². The zero-order valence-corrected chi connectivity index (χ0v) is 9.51. The molecule has 4 heteroatoms. The van der Waals surface area contributed by atoms with E-state index in [4.69, 9.17) is 4.52 Å². The lowest BCUT2D eigenvalue weighted by Gasteiger charge is -2.16. The van der Waals surface area contributed by atoms with Crippen molar-refractivity contribution >= 4 is 11.6 Å². The largest absolute Gasteiger partial charge is 0.361 e. The summed E-state index contributed by atoms with van der Waals surface area (Å²) in [6.45, 7) is 2.48. The molecule has 2 aromatic rings. The minimum absolute atomic E-state index is 0.0336. The molecule has 0 radical (unpaired) electrons. The Balaban J connectivity index is 1.98. The molecule has 1 aliphatic rings. The zero-order chi connectivity index (χ0) is 11.8. The fourth-order valence-corrected chi connectivity index (χ4v) is 2.20. The highest BCUT2D eigenvalue weighted by molar-refractivity contribution is 6.07. The summed E-state index contributed by atoms with van der Waals surface area (Å²) in [5, 5.41) is 3.65. The molecule has 86 valence electrons. The highest BCUT2D eigenvalue weighted by Crippen LogP contribution is 2.29. The molecule has 0 atom stereocenters. The van der Waals surface area contributed by atoms with Crippen molar-refractivity contribution in [2.45, 2.75) is 13.3 Å². The van der Waals surface area contributed by atoms with Crippen molar-refractivity contribution < 1.29 is 9.32 Å². The van der Waals surface area contributed by atoms with Gasteiger partial charge in [-0.3, -0.25) is 4.79 Å². The zero-order valence-electron chi connectivity index (χ0n) is 9.51. The lowest BCUT2D eigenvalue weighted by molar-refractivity contribution is 0.0988. The Morgan fingerprint density at radius 1 is 1.41 bits per heavy atom. The molecule has 1 aliphatic heterocycles. The average molecular weight is 228 g/mol. The second-order valence-corrected chi connectivity index (χ2v) is 4.13. The van der Waals surface area contributed by atoms with Gasteiger partial charge in [-0.1, -0.05) is 23.4 Å². The molecule has 0 saturated heterocycles. The number of benzene rings is 1. The predicted octanol–water partition coefficient (Wildman–Crippen LogP) is 2.19. The molecule has 1 amide bonds. The maximum atomic E-state index is 12.3. The first-order valence-electron chi connectivity index (χ1n) is 5.58. The first kappa shape index (κ1) is 10.1. The Bertz CT molecular complexity index is 574. The van der Waals surface area contributed by atoms with Crippen molar-refractivity contribution in [2.75, 3.05) is 11.4 Å². The van der Waals surface area contributed by atoms with Crippen LogP contribution in [0.2, 0.25) is 0 Å². The number of carbonyl (C=O) groups is 1.